The maximum absolute atomic E-state index is 12.1. The lowest BCUT2D eigenvalue weighted by molar-refractivity contribution is 0.0472. The fourth-order valence-electron chi connectivity index (χ4n) is 2.10. The van der Waals surface area contributed by atoms with Crippen LogP contribution in [-0.2, 0) is 21.4 Å². The molecule has 5 nitrogen and oxygen atoms in total. The fourth-order valence-corrected chi connectivity index (χ4v) is 3.18. The van der Waals surface area contributed by atoms with Crippen molar-refractivity contribution in [3.8, 4) is 0 Å². The van der Waals surface area contributed by atoms with Crippen LogP contribution >= 0.6 is 0 Å². The lowest BCUT2D eigenvalue weighted by atomic mass is 10.1. The highest BCUT2D eigenvalue weighted by molar-refractivity contribution is 7.89. The summed E-state index contributed by atoms with van der Waals surface area (Å²) >= 11 is 0. The average molecular weight is 333 g/mol. The number of carbonyl (C=O) groups is 1. The van der Waals surface area contributed by atoms with Crippen LogP contribution < -0.4 is 4.72 Å². The minimum Gasteiger partial charge on any atom is -0.457 e. The summed E-state index contributed by atoms with van der Waals surface area (Å²) < 4.78 is 31.6. The van der Waals surface area contributed by atoms with Gasteiger partial charge in [-0.25, -0.2) is 17.9 Å². The van der Waals surface area contributed by atoms with Gasteiger partial charge in [0.25, 0.3) is 0 Å². The topological polar surface area (TPSA) is 72.5 Å². The number of nitrogens with one attached hydrogen (secondary N) is 1. The molecule has 0 aliphatic heterocycles. The Balaban J connectivity index is 2.11. The van der Waals surface area contributed by atoms with Crippen LogP contribution in [0.2, 0.25) is 0 Å². The number of sulfonamides is 1. The van der Waals surface area contributed by atoms with Crippen LogP contribution in [0.4, 0.5) is 0 Å². The molecule has 23 heavy (non-hydrogen) atoms. The third-order valence-corrected chi connectivity index (χ3v) is 4.71. The highest BCUT2D eigenvalue weighted by atomic mass is 32.2. The Morgan fingerprint density at radius 2 is 1.87 bits per heavy atom. The molecule has 0 aromatic heterocycles. The van der Waals surface area contributed by atoms with Crippen molar-refractivity contribution in [3.63, 3.8) is 0 Å². The molecule has 0 radical (unpaired) electrons. The number of benzene rings is 2. The van der Waals surface area contributed by atoms with E-state index in [1.165, 1.54) is 24.3 Å². The molecule has 2 aromatic carbocycles. The molecule has 122 valence electrons. The molecule has 0 fully saturated rings. The molecule has 2 aromatic rings. The van der Waals surface area contributed by atoms with E-state index in [2.05, 4.69) is 4.72 Å². The van der Waals surface area contributed by atoms with Crippen LogP contribution in [0.15, 0.2) is 53.4 Å². The molecule has 0 saturated heterocycles. The zero-order valence-electron chi connectivity index (χ0n) is 13.1. The second-order valence-corrected chi connectivity index (χ2v) is 6.86. The van der Waals surface area contributed by atoms with Crippen LogP contribution in [0, 0.1) is 6.92 Å². The van der Waals surface area contributed by atoms with E-state index < -0.39 is 16.0 Å². The molecule has 6 heteroatoms. The Morgan fingerprint density at radius 1 is 1.13 bits per heavy atom. The van der Waals surface area contributed by atoms with Gasteiger partial charge < -0.3 is 4.74 Å². The van der Waals surface area contributed by atoms with Gasteiger partial charge in [-0.05, 0) is 30.7 Å². The molecule has 0 spiro atoms. The standard InChI is InChI=1S/C17H19NO4S/c1-3-18-23(20,21)16-9-5-8-15(11-16)17(19)22-12-14-7-4-6-13(2)10-14/h4-11,18H,3,12H2,1-2H3. The molecule has 0 saturated carbocycles. The zero-order chi connectivity index (χ0) is 16.9. The first-order chi connectivity index (χ1) is 10.9. The number of ether oxygens (including phenoxy) is 1. The summed E-state index contributed by atoms with van der Waals surface area (Å²) in [6.07, 6.45) is 0. The van der Waals surface area contributed by atoms with Crippen molar-refractivity contribution in [1.82, 2.24) is 4.72 Å². The van der Waals surface area contributed by atoms with Gasteiger partial charge in [0.15, 0.2) is 0 Å². The van der Waals surface area contributed by atoms with E-state index in [1.54, 1.807) is 6.92 Å². The fraction of sp³-hybridized carbons (Fsp3) is 0.235. The van der Waals surface area contributed by atoms with Gasteiger partial charge in [0.1, 0.15) is 6.61 Å². The van der Waals surface area contributed by atoms with Gasteiger partial charge in [-0.15, -0.1) is 0 Å². The van der Waals surface area contributed by atoms with Crippen LogP contribution in [0.3, 0.4) is 0 Å². The monoisotopic (exact) mass is 333 g/mol. The Labute approximate surface area is 136 Å². The Morgan fingerprint density at radius 3 is 2.57 bits per heavy atom. The Bertz CT molecular complexity index is 800. The molecule has 1 N–H and O–H groups in total. The zero-order valence-corrected chi connectivity index (χ0v) is 13.9. The number of hydrogen-bond acceptors (Lipinski definition) is 4. The number of esters is 1. The average Bonchev–Trinajstić information content (AvgIpc) is 2.53. The molecular weight excluding hydrogens is 314 g/mol. The van der Waals surface area contributed by atoms with E-state index >= 15 is 0 Å². The molecule has 0 bridgehead atoms. The summed E-state index contributed by atoms with van der Waals surface area (Å²) in [6, 6.07) is 13.5. The number of hydrogen-bond donors (Lipinski definition) is 1. The van der Waals surface area contributed by atoms with E-state index in [4.69, 9.17) is 4.74 Å². The Kier molecular flexibility index (Phi) is 5.52. The van der Waals surface area contributed by atoms with Crippen molar-refractivity contribution in [1.29, 1.82) is 0 Å². The third kappa shape index (κ3) is 4.64. The second-order valence-electron chi connectivity index (χ2n) is 5.09. The van der Waals surface area contributed by atoms with Crippen molar-refractivity contribution >= 4 is 16.0 Å². The molecule has 0 atom stereocenters. The van der Waals surface area contributed by atoms with Crippen molar-refractivity contribution in [3.05, 3.63) is 65.2 Å². The quantitative estimate of drug-likeness (QED) is 0.825. The van der Waals surface area contributed by atoms with Gasteiger partial charge in [0.2, 0.25) is 10.0 Å². The first-order valence-electron chi connectivity index (χ1n) is 7.25. The summed E-state index contributed by atoms with van der Waals surface area (Å²) in [6.45, 7) is 4.08. The summed E-state index contributed by atoms with van der Waals surface area (Å²) in [5.41, 5.74) is 2.17. The third-order valence-electron chi connectivity index (χ3n) is 3.17. The minimum absolute atomic E-state index is 0.0457. The first-order valence-corrected chi connectivity index (χ1v) is 8.73. The van der Waals surface area contributed by atoms with Crippen LogP contribution in [0.25, 0.3) is 0 Å². The first kappa shape index (κ1) is 17.2. The highest BCUT2D eigenvalue weighted by Crippen LogP contribution is 2.13. The predicted octanol–water partition coefficient (Wildman–Crippen LogP) is 2.65. The normalized spacial score (nSPS) is 11.2. The highest BCUT2D eigenvalue weighted by Gasteiger charge is 2.15. The Hall–Kier alpha value is -2.18. The molecule has 0 amide bonds. The molecule has 0 unspecified atom stereocenters. The molecule has 0 aliphatic carbocycles. The largest absolute Gasteiger partial charge is 0.457 e. The van der Waals surface area contributed by atoms with Crippen LogP contribution in [0.1, 0.15) is 28.4 Å². The summed E-state index contributed by atoms with van der Waals surface area (Å²) in [5.74, 6) is -0.556. The van der Waals surface area contributed by atoms with E-state index in [1.807, 2.05) is 31.2 Å². The van der Waals surface area contributed by atoms with Gasteiger partial charge >= 0.3 is 5.97 Å². The van der Waals surface area contributed by atoms with Crippen LogP contribution in [-0.4, -0.2) is 20.9 Å². The molecule has 0 heterocycles. The number of rotatable bonds is 6. The molecular formula is C17H19NO4S. The maximum Gasteiger partial charge on any atom is 0.338 e. The SMILES string of the molecule is CCNS(=O)(=O)c1cccc(C(=O)OCc2cccc(C)c2)c1. The van der Waals surface area contributed by atoms with Gasteiger partial charge in [-0.3, -0.25) is 0 Å². The lowest BCUT2D eigenvalue weighted by Gasteiger charge is -2.08. The smallest absolute Gasteiger partial charge is 0.338 e. The van der Waals surface area contributed by atoms with Gasteiger partial charge in [-0.1, -0.05) is 42.8 Å². The number of carbonyl (C=O) groups excluding carboxylic acids is 1. The van der Waals surface area contributed by atoms with E-state index in [0.29, 0.717) is 0 Å². The summed E-state index contributed by atoms with van der Waals surface area (Å²) in [7, 11) is -3.60. The number of aryl methyl sites for hydroxylation is 1. The maximum atomic E-state index is 12.1. The molecule has 0 aliphatic rings. The minimum atomic E-state index is -3.60. The van der Waals surface area contributed by atoms with E-state index in [0.717, 1.165) is 11.1 Å². The van der Waals surface area contributed by atoms with E-state index in [9.17, 15) is 13.2 Å². The second kappa shape index (κ2) is 7.39. The van der Waals surface area contributed by atoms with E-state index in [-0.39, 0.29) is 23.6 Å². The summed E-state index contributed by atoms with van der Waals surface area (Å²) in [4.78, 5) is 12.1. The van der Waals surface area contributed by atoms with Gasteiger partial charge in [0.05, 0.1) is 10.5 Å². The predicted molar refractivity (Wildman–Crippen MR) is 87.6 cm³/mol. The van der Waals surface area contributed by atoms with Gasteiger partial charge in [0, 0.05) is 6.54 Å². The molecule has 2 rings (SSSR count). The summed E-state index contributed by atoms with van der Waals surface area (Å²) in [5, 5.41) is 0. The van der Waals surface area contributed by atoms with Crippen LogP contribution in [0.5, 0.6) is 0 Å². The van der Waals surface area contributed by atoms with Crippen molar-refractivity contribution in [2.75, 3.05) is 6.54 Å². The van der Waals surface area contributed by atoms with Crippen molar-refractivity contribution in [2.45, 2.75) is 25.3 Å². The lowest BCUT2D eigenvalue weighted by Crippen LogP contribution is -2.23. The van der Waals surface area contributed by atoms with Gasteiger partial charge in [-0.2, -0.15) is 0 Å². The van der Waals surface area contributed by atoms with Crippen molar-refractivity contribution < 1.29 is 17.9 Å². The van der Waals surface area contributed by atoms with Crippen molar-refractivity contribution in [2.24, 2.45) is 0 Å².